The quantitative estimate of drug-likeness (QED) is 0.596. The number of carbonyl (C=O) groups excluding carboxylic acids is 1. The molecule has 0 bridgehead atoms. The summed E-state index contributed by atoms with van der Waals surface area (Å²) in [5.41, 5.74) is 2.75. The molecule has 2 aromatic rings. The van der Waals surface area contributed by atoms with Crippen LogP contribution in [-0.2, 0) is 21.2 Å². The Labute approximate surface area is 213 Å². The van der Waals surface area contributed by atoms with E-state index in [0.29, 0.717) is 32.4 Å². The first-order valence-electron chi connectivity index (χ1n) is 12.4. The highest BCUT2D eigenvalue weighted by Gasteiger charge is 2.29. The molecular weight excluding hydrogens is 474 g/mol. The zero-order chi connectivity index (χ0) is 25.5. The molecule has 2 atom stereocenters. The molecule has 2 N–H and O–H groups in total. The van der Waals surface area contributed by atoms with Gasteiger partial charge in [0.2, 0.25) is 15.9 Å². The van der Waals surface area contributed by atoms with Gasteiger partial charge in [0, 0.05) is 25.4 Å². The molecule has 2 saturated heterocycles. The number of nitriles is 2. The van der Waals surface area contributed by atoms with Gasteiger partial charge in [-0.25, -0.2) is 8.42 Å². The lowest BCUT2D eigenvalue weighted by atomic mass is 10.00. The molecule has 0 aliphatic carbocycles. The van der Waals surface area contributed by atoms with Crippen molar-refractivity contribution in [2.45, 2.75) is 55.5 Å². The van der Waals surface area contributed by atoms with E-state index >= 15 is 0 Å². The fourth-order valence-corrected chi connectivity index (χ4v) is 6.21. The van der Waals surface area contributed by atoms with E-state index in [1.165, 1.54) is 4.31 Å². The first kappa shape index (κ1) is 25.8. The number of benzene rings is 2. The van der Waals surface area contributed by atoms with E-state index in [0.717, 1.165) is 42.5 Å². The van der Waals surface area contributed by atoms with E-state index in [4.69, 9.17) is 5.26 Å². The zero-order valence-corrected chi connectivity index (χ0v) is 21.0. The summed E-state index contributed by atoms with van der Waals surface area (Å²) < 4.78 is 27.4. The van der Waals surface area contributed by atoms with Gasteiger partial charge in [-0.05, 0) is 61.1 Å². The first-order chi connectivity index (χ1) is 17.4. The maximum Gasteiger partial charge on any atom is 0.243 e. The molecule has 0 unspecified atom stereocenters. The van der Waals surface area contributed by atoms with Crippen molar-refractivity contribution in [3.05, 3.63) is 54.1 Å². The van der Waals surface area contributed by atoms with Crippen LogP contribution in [0.1, 0.15) is 37.7 Å². The molecule has 2 fully saturated rings. The van der Waals surface area contributed by atoms with Gasteiger partial charge < -0.3 is 10.6 Å². The third-order valence-electron chi connectivity index (χ3n) is 6.95. The number of hydrogen-bond acceptors (Lipinski definition) is 6. The maximum absolute atomic E-state index is 13.0. The minimum atomic E-state index is -3.58. The zero-order valence-electron chi connectivity index (χ0n) is 20.2. The van der Waals surface area contributed by atoms with Crippen LogP contribution in [0.3, 0.4) is 0 Å². The second-order valence-corrected chi connectivity index (χ2v) is 11.4. The molecular formula is C27H31N5O3S. The number of rotatable bonds is 7. The first-order valence-corrected chi connectivity index (χ1v) is 13.9. The smallest absolute Gasteiger partial charge is 0.243 e. The number of sulfonamides is 1. The predicted octanol–water partition coefficient (Wildman–Crippen LogP) is 2.97. The van der Waals surface area contributed by atoms with Crippen molar-refractivity contribution in [1.29, 1.82) is 10.5 Å². The van der Waals surface area contributed by atoms with Gasteiger partial charge in [0.05, 0.1) is 23.1 Å². The highest BCUT2D eigenvalue weighted by atomic mass is 32.2. The Kier molecular flexibility index (Phi) is 8.37. The van der Waals surface area contributed by atoms with Crippen molar-refractivity contribution in [1.82, 2.24) is 14.9 Å². The van der Waals surface area contributed by atoms with Gasteiger partial charge in [-0.3, -0.25) is 4.79 Å². The Morgan fingerprint density at radius 3 is 2.19 bits per heavy atom. The number of nitrogens with one attached hydrogen (secondary N) is 2. The van der Waals surface area contributed by atoms with Crippen LogP contribution in [0.4, 0.5) is 0 Å². The lowest BCUT2D eigenvalue weighted by Crippen LogP contribution is -2.49. The summed E-state index contributed by atoms with van der Waals surface area (Å²) in [4.78, 5) is 12.7. The topological polar surface area (TPSA) is 126 Å². The average Bonchev–Trinajstić information content (AvgIpc) is 2.93. The summed E-state index contributed by atoms with van der Waals surface area (Å²) in [6.07, 6.45) is 4.41. The van der Waals surface area contributed by atoms with Gasteiger partial charge in [-0.1, -0.05) is 42.8 Å². The monoisotopic (exact) mass is 505 g/mol. The summed E-state index contributed by atoms with van der Waals surface area (Å²) in [6, 6.07) is 18.1. The Hall–Kier alpha value is -3.24. The van der Waals surface area contributed by atoms with E-state index in [-0.39, 0.29) is 22.8 Å². The van der Waals surface area contributed by atoms with Crippen molar-refractivity contribution in [2.75, 3.05) is 19.6 Å². The molecule has 0 spiro atoms. The molecule has 1 amide bonds. The molecule has 188 valence electrons. The van der Waals surface area contributed by atoms with Crippen molar-refractivity contribution in [3.8, 4) is 23.3 Å². The molecule has 0 saturated carbocycles. The fraction of sp³-hybridized carbons (Fsp3) is 0.444. The molecule has 36 heavy (non-hydrogen) atoms. The van der Waals surface area contributed by atoms with Gasteiger partial charge in [-0.2, -0.15) is 14.8 Å². The summed E-state index contributed by atoms with van der Waals surface area (Å²) >= 11 is 0. The number of piperidine rings is 2. The maximum atomic E-state index is 13.0. The summed E-state index contributed by atoms with van der Waals surface area (Å²) in [7, 11) is -3.58. The van der Waals surface area contributed by atoms with Crippen molar-refractivity contribution < 1.29 is 13.2 Å². The molecule has 2 heterocycles. The molecule has 2 aliphatic rings. The molecule has 9 heteroatoms. The second-order valence-electron chi connectivity index (χ2n) is 9.43. The minimum absolute atomic E-state index is 0.0737. The Morgan fingerprint density at radius 1 is 1.00 bits per heavy atom. The lowest BCUT2D eigenvalue weighted by Gasteiger charge is -2.28. The van der Waals surface area contributed by atoms with E-state index in [1.54, 1.807) is 24.3 Å². The number of carbonyl (C=O) groups is 1. The summed E-state index contributed by atoms with van der Waals surface area (Å²) in [5, 5.41) is 24.6. The Bertz CT molecular complexity index is 1230. The van der Waals surface area contributed by atoms with Gasteiger partial charge >= 0.3 is 0 Å². The highest BCUT2D eigenvalue weighted by molar-refractivity contribution is 7.89. The largest absolute Gasteiger partial charge is 0.339 e. The van der Waals surface area contributed by atoms with Gasteiger partial charge in [0.15, 0.2) is 0 Å². The third-order valence-corrected chi connectivity index (χ3v) is 8.87. The number of nitrogens with zero attached hydrogens (tertiary/aromatic N) is 3. The van der Waals surface area contributed by atoms with Crippen LogP contribution in [0.25, 0.3) is 11.1 Å². The van der Waals surface area contributed by atoms with Crippen LogP contribution in [0.15, 0.2) is 53.4 Å². The van der Waals surface area contributed by atoms with Crippen LogP contribution in [0.2, 0.25) is 0 Å². The summed E-state index contributed by atoms with van der Waals surface area (Å²) in [6.45, 7) is 1.56. The van der Waals surface area contributed by atoms with E-state index in [1.807, 2.05) is 24.3 Å². The Morgan fingerprint density at radius 2 is 1.64 bits per heavy atom. The Balaban J connectivity index is 1.37. The third kappa shape index (κ3) is 6.11. The lowest BCUT2D eigenvalue weighted by molar-refractivity contribution is -0.124. The van der Waals surface area contributed by atoms with Gasteiger partial charge in [-0.15, -0.1) is 0 Å². The minimum Gasteiger partial charge on any atom is -0.339 e. The normalized spacial score (nSPS) is 20.1. The number of hydrogen-bond donors (Lipinski definition) is 2. The molecule has 2 aliphatic heterocycles. The van der Waals surface area contributed by atoms with Crippen LogP contribution in [0, 0.1) is 28.6 Å². The van der Waals surface area contributed by atoms with Crippen molar-refractivity contribution in [2.24, 2.45) is 5.92 Å². The molecule has 0 aromatic heterocycles. The fourth-order valence-electron chi connectivity index (χ4n) is 4.74. The SMILES string of the molecule is N#CC1CCN(S(=O)(=O)c2ccc(-c3ccc(C[C@@H](C#N)NC(=O)[C@@H]4CCCCN4)cc3)cc2)CC1. The van der Waals surface area contributed by atoms with Crippen molar-refractivity contribution >= 4 is 15.9 Å². The van der Waals surface area contributed by atoms with Crippen LogP contribution < -0.4 is 10.6 Å². The van der Waals surface area contributed by atoms with Crippen LogP contribution in [0.5, 0.6) is 0 Å². The van der Waals surface area contributed by atoms with E-state index < -0.39 is 16.1 Å². The van der Waals surface area contributed by atoms with Crippen molar-refractivity contribution in [3.63, 3.8) is 0 Å². The molecule has 0 radical (unpaired) electrons. The van der Waals surface area contributed by atoms with Gasteiger partial charge in [0.1, 0.15) is 6.04 Å². The molecule has 2 aromatic carbocycles. The highest BCUT2D eigenvalue weighted by Crippen LogP contribution is 2.26. The summed E-state index contributed by atoms with van der Waals surface area (Å²) in [5.74, 6) is -0.197. The molecule has 4 rings (SSSR count). The van der Waals surface area contributed by atoms with E-state index in [2.05, 4.69) is 22.8 Å². The van der Waals surface area contributed by atoms with Crippen LogP contribution >= 0.6 is 0 Å². The second kappa shape index (κ2) is 11.7. The number of amides is 1. The predicted molar refractivity (Wildman–Crippen MR) is 136 cm³/mol. The average molecular weight is 506 g/mol. The van der Waals surface area contributed by atoms with Gasteiger partial charge in [0.25, 0.3) is 0 Å². The molecule has 8 nitrogen and oxygen atoms in total. The van der Waals surface area contributed by atoms with Crippen LogP contribution in [-0.4, -0.2) is 50.3 Å². The standard InChI is InChI=1S/C27H31N5O3S/c28-18-21-12-15-32(16-13-21)36(34,35)25-10-8-23(9-11-25)22-6-4-20(5-7-22)17-24(19-29)31-27(33)26-3-1-2-14-30-26/h4-11,21,24,26,30H,1-3,12-17H2,(H,31,33)/t24-,26-/m0/s1. The van der Waals surface area contributed by atoms with E-state index in [9.17, 15) is 18.5 Å².